The molecule has 2 aliphatic rings. The van der Waals surface area contributed by atoms with Crippen molar-refractivity contribution in [3.63, 3.8) is 0 Å². The number of carbonyl (C=O) groups is 4. The van der Waals surface area contributed by atoms with Crippen LogP contribution in [0.2, 0.25) is 0 Å². The van der Waals surface area contributed by atoms with Gasteiger partial charge in [0.1, 0.15) is 5.75 Å². The predicted octanol–water partition coefficient (Wildman–Crippen LogP) is 2.92. The molecule has 0 aromatic heterocycles. The van der Waals surface area contributed by atoms with Crippen molar-refractivity contribution >= 4 is 35.1 Å². The van der Waals surface area contributed by atoms with Crippen LogP contribution in [0.25, 0.3) is 0 Å². The number of amides is 3. The van der Waals surface area contributed by atoms with E-state index in [-0.39, 0.29) is 49.3 Å². The fourth-order valence-electron chi connectivity index (χ4n) is 3.96. The summed E-state index contributed by atoms with van der Waals surface area (Å²) in [6, 6.07) is 12.2. The van der Waals surface area contributed by atoms with Crippen LogP contribution < -0.4 is 14.5 Å². The molecule has 0 radical (unpaired) electrons. The highest BCUT2D eigenvalue weighted by Gasteiger charge is 2.37. The van der Waals surface area contributed by atoms with Gasteiger partial charge in [0.05, 0.1) is 11.6 Å². The second kappa shape index (κ2) is 7.74. The number of esters is 1. The van der Waals surface area contributed by atoms with Crippen molar-refractivity contribution in [2.45, 2.75) is 33.1 Å². The molecular formula is C23H22N2O5. The first-order valence-electron chi connectivity index (χ1n) is 9.88. The standard InChI is InChI=1S/C23H22N2O5/c1-14-6-7-19(15(2)10-14)24-13-16(11-22(24)28)23(29)30-18-5-3-4-17(12-18)25-20(26)8-9-21(25)27/h3-7,10,12,16H,8-9,11,13H2,1-2H3/t16-/m1/s1. The average Bonchev–Trinajstić information content (AvgIpc) is 3.24. The Bertz CT molecular complexity index is 1050. The molecule has 2 aromatic carbocycles. The highest BCUT2D eigenvalue weighted by molar-refractivity contribution is 6.19. The van der Waals surface area contributed by atoms with Crippen molar-refractivity contribution in [1.29, 1.82) is 0 Å². The van der Waals surface area contributed by atoms with Crippen LogP contribution in [0, 0.1) is 19.8 Å². The highest BCUT2D eigenvalue weighted by atomic mass is 16.5. The Morgan fingerprint density at radius 1 is 0.967 bits per heavy atom. The second-order valence-corrected chi connectivity index (χ2v) is 7.74. The number of anilines is 2. The maximum absolute atomic E-state index is 12.7. The van der Waals surface area contributed by atoms with E-state index in [2.05, 4.69) is 0 Å². The third-order valence-corrected chi connectivity index (χ3v) is 5.45. The maximum Gasteiger partial charge on any atom is 0.316 e. The number of rotatable bonds is 4. The third-order valence-electron chi connectivity index (χ3n) is 5.45. The van der Waals surface area contributed by atoms with Crippen molar-refractivity contribution < 1.29 is 23.9 Å². The molecule has 2 saturated heterocycles. The normalized spacial score (nSPS) is 19.0. The summed E-state index contributed by atoms with van der Waals surface area (Å²) < 4.78 is 5.48. The number of ether oxygens (including phenoxy) is 1. The number of benzene rings is 2. The Hall–Kier alpha value is -3.48. The van der Waals surface area contributed by atoms with Crippen LogP contribution in [0.3, 0.4) is 0 Å². The summed E-state index contributed by atoms with van der Waals surface area (Å²) >= 11 is 0. The van der Waals surface area contributed by atoms with E-state index in [1.165, 1.54) is 6.07 Å². The van der Waals surface area contributed by atoms with E-state index in [0.717, 1.165) is 21.7 Å². The lowest BCUT2D eigenvalue weighted by Gasteiger charge is -2.19. The molecule has 0 spiro atoms. The topological polar surface area (TPSA) is 84.0 Å². The molecule has 0 aliphatic carbocycles. The summed E-state index contributed by atoms with van der Waals surface area (Å²) in [6.07, 6.45) is 0.442. The zero-order chi connectivity index (χ0) is 21.4. The Morgan fingerprint density at radius 2 is 1.70 bits per heavy atom. The minimum Gasteiger partial charge on any atom is -0.426 e. The summed E-state index contributed by atoms with van der Waals surface area (Å²) in [5, 5.41) is 0. The van der Waals surface area contributed by atoms with E-state index >= 15 is 0 Å². The molecule has 154 valence electrons. The van der Waals surface area contributed by atoms with Crippen molar-refractivity contribution in [1.82, 2.24) is 0 Å². The van der Waals surface area contributed by atoms with E-state index in [1.54, 1.807) is 23.1 Å². The van der Waals surface area contributed by atoms with Crippen molar-refractivity contribution in [3.05, 3.63) is 53.6 Å². The van der Waals surface area contributed by atoms with Gasteiger partial charge < -0.3 is 9.64 Å². The molecule has 0 bridgehead atoms. The summed E-state index contributed by atoms with van der Waals surface area (Å²) in [4.78, 5) is 51.8. The van der Waals surface area contributed by atoms with E-state index in [9.17, 15) is 19.2 Å². The summed E-state index contributed by atoms with van der Waals surface area (Å²) in [5.74, 6) is -1.51. The van der Waals surface area contributed by atoms with E-state index in [4.69, 9.17) is 4.74 Å². The zero-order valence-corrected chi connectivity index (χ0v) is 16.9. The monoisotopic (exact) mass is 406 g/mol. The van der Waals surface area contributed by atoms with Gasteiger partial charge in [-0.2, -0.15) is 0 Å². The first kappa shape index (κ1) is 19.8. The summed E-state index contributed by atoms with van der Waals surface area (Å²) in [5.41, 5.74) is 3.26. The van der Waals surface area contributed by atoms with Crippen LogP contribution in [-0.4, -0.2) is 30.2 Å². The van der Waals surface area contributed by atoms with E-state index in [0.29, 0.717) is 5.69 Å². The van der Waals surface area contributed by atoms with Crippen molar-refractivity contribution in [3.8, 4) is 5.75 Å². The van der Waals surface area contributed by atoms with Crippen LogP contribution in [0.15, 0.2) is 42.5 Å². The molecule has 7 heteroatoms. The lowest BCUT2D eigenvalue weighted by molar-refractivity contribution is -0.139. The van der Waals surface area contributed by atoms with Gasteiger partial charge in [-0.3, -0.25) is 24.1 Å². The van der Waals surface area contributed by atoms with Crippen LogP contribution in [0.4, 0.5) is 11.4 Å². The first-order valence-corrected chi connectivity index (χ1v) is 9.88. The van der Waals surface area contributed by atoms with Gasteiger partial charge in [0.2, 0.25) is 17.7 Å². The zero-order valence-electron chi connectivity index (χ0n) is 16.9. The number of hydrogen-bond donors (Lipinski definition) is 0. The van der Waals surface area contributed by atoms with Crippen LogP contribution in [0.1, 0.15) is 30.4 Å². The highest BCUT2D eigenvalue weighted by Crippen LogP contribution is 2.31. The molecule has 7 nitrogen and oxygen atoms in total. The van der Waals surface area contributed by atoms with Gasteiger partial charge in [0.15, 0.2) is 0 Å². The number of nitrogens with zero attached hydrogens (tertiary/aromatic N) is 2. The fourth-order valence-corrected chi connectivity index (χ4v) is 3.96. The minimum absolute atomic E-state index is 0.0783. The minimum atomic E-state index is -0.586. The summed E-state index contributed by atoms with van der Waals surface area (Å²) in [7, 11) is 0. The summed E-state index contributed by atoms with van der Waals surface area (Å²) in [6.45, 7) is 4.18. The Morgan fingerprint density at radius 3 is 2.40 bits per heavy atom. The van der Waals surface area contributed by atoms with E-state index in [1.807, 2.05) is 32.0 Å². The second-order valence-electron chi connectivity index (χ2n) is 7.74. The van der Waals surface area contributed by atoms with E-state index < -0.39 is 11.9 Å². The maximum atomic E-state index is 12.7. The first-order chi connectivity index (χ1) is 14.3. The molecule has 0 saturated carbocycles. The molecule has 4 rings (SSSR count). The van der Waals surface area contributed by atoms with Gasteiger partial charge in [0.25, 0.3) is 0 Å². The molecule has 30 heavy (non-hydrogen) atoms. The molecule has 0 unspecified atom stereocenters. The number of imide groups is 1. The SMILES string of the molecule is Cc1ccc(N2C[C@H](C(=O)Oc3cccc(N4C(=O)CCC4=O)c3)CC2=O)c(C)c1. The largest absolute Gasteiger partial charge is 0.426 e. The molecule has 2 aliphatic heterocycles. The Kier molecular flexibility index (Phi) is 5.11. The number of hydrogen-bond acceptors (Lipinski definition) is 5. The van der Waals surface area contributed by atoms with Crippen LogP contribution in [-0.2, 0) is 19.2 Å². The quantitative estimate of drug-likeness (QED) is 0.443. The average molecular weight is 406 g/mol. The van der Waals surface area contributed by atoms with Crippen molar-refractivity contribution in [2.24, 2.45) is 5.92 Å². The van der Waals surface area contributed by atoms with Gasteiger partial charge in [-0.25, -0.2) is 0 Å². The van der Waals surface area contributed by atoms with Crippen LogP contribution >= 0.6 is 0 Å². The molecule has 3 amide bonds. The van der Waals surface area contributed by atoms with Gasteiger partial charge >= 0.3 is 5.97 Å². The van der Waals surface area contributed by atoms with Gasteiger partial charge in [0, 0.05) is 37.6 Å². The predicted molar refractivity (Wildman–Crippen MR) is 110 cm³/mol. The van der Waals surface area contributed by atoms with Gasteiger partial charge in [-0.05, 0) is 37.6 Å². The molecule has 0 N–H and O–H groups in total. The molecule has 1 atom stereocenters. The molecule has 2 heterocycles. The van der Waals surface area contributed by atoms with Gasteiger partial charge in [-0.15, -0.1) is 0 Å². The van der Waals surface area contributed by atoms with Crippen LogP contribution in [0.5, 0.6) is 5.75 Å². The number of aryl methyl sites for hydroxylation is 2. The van der Waals surface area contributed by atoms with Gasteiger partial charge in [-0.1, -0.05) is 23.8 Å². The fraction of sp³-hybridized carbons (Fsp3) is 0.304. The smallest absolute Gasteiger partial charge is 0.316 e. The van der Waals surface area contributed by atoms with Crippen molar-refractivity contribution in [2.75, 3.05) is 16.3 Å². The number of carbonyl (C=O) groups excluding carboxylic acids is 4. The lowest BCUT2D eigenvalue weighted by atomic mass is 10.1. The Labute approximate surface area is 174 Å². The molecular weight excluding hydrogens is 384 g/mol. The molecule has 2 aromatic rings. The molecule has 2 fully saturated rings. The third kappa shape index (κ3) is 3.70. The Balaban J connectivity index is 1.47. The lowest BCUT2D eigenvalue weighted by Crippen LogP contribution is -2.29.